The Morgan fingerprint density at radius 3 is 2.62 bits per heavy atom. The average molecular weight is 372 g/mol. The lowest BCUT2D eigenvalue weighted by molar-refractivity contribution is -0.387. The highest BCUT2D eigenvalue weighted by Gasteiger charge is 2.17. The number of rotatable bonds is 4. The van der Waals surface area contributed by atoms with Crippen LogP contribution in [0.15, 0.2) is 50.7 Å². The number of carboxylic acids is 1. The molecule has 0 aliphatic heterocycles. The SMILES string of the molecule is O=C(O)c1cc(Sc2ccc(F)cc2[N+](=O)[O-])ccc1Br. The lowest BCUT2D eigenvalue weighted by Crippen LogP contribution is -1.97. The third-order valence-corrected chi connectivity index (χ3v) is 4.26. The largest absolute Gasteiger partial charge is 0.478 e. The van der Waals surface area contributed by atoms with Gasteiger partial charge in [-0.2, -0.15) is 0 Å². The maximum absolute atomic E-state index is 13.1. The van der Waals surface area contributed by atoms with E-state index in [4.69, 9.17) is 5.11 Å². The number of hydrogen-bond acceptors (Lipinski definition) is 4. The second kappa shape index (κ2) is 6.23. The normalized spacial score (nSPS) is 10.4. The average Bonchev–Trinajstić information content (AvgIpc) is 2.42. The molecule has 108 valence electrons. The summed E-state index contributed by atoms with van der Waals surface area (Å²) in [4.78, 5) is 22.0. The molecule has 0 aliphatic rings. The number of carboxylic acid groups (broad SMARTS) is 1. The van der Waals surface area contributed by atoms with E-state index in [0.717, 1.165) is 23.9 Å². The van der Waals surface area contributed by atoms with Gasteiger partial charge in [0.05, 0.1) is 21.4 Å². The Morgan fingerprint density at radius 2 is 2.00 bits per heavy atom. The summed E-state index contributed by atoms with van der Waals surface area (Å²) in [6.45, 7) is 0. The first-order chi connectivity index (χ1) is 9.88. The number of hydrogen-bond donors (Lipinski definition) is 1. The molecule has 0 bridgehead atoms. The molecule has 0 heterocycles. The fraction of sp³-hybridized carbons (Fsp3) is 0. The van der Waals surface area contributed by atoms with E-state index in [1.165, 1.54) is 12.1 Å². The fourth-order valence-corrected chi connectivity index (χ4v) is 2.94. The second-order valence-corrected chi connectivity index (χ2v) is 5.89. The number of nitro benzene ring substituents is 1. The van der Waals surface area contributed by atoms with Crippen molar-refractivity contribution >= 4 is 39.3 Å². The minimum atomic E-state index is -1.11. The van der Waals surface area contributed by atoms with E-state index < -0.39 is 16.7 Å². The van der Waals surface area contributed by atoms with Crippen LogP contribution in [0.25, 0.3) is 0 Å². The van der Waals surface area contributed by atoms with Crippen LogP contribution >= 0.6 is 27.7 Å². The first-order valence-electron chi connectivity index (χ1n) is 5.53. The Balaban J connectivity index is 2.41. The van der Waals surface area contributed by atoms with Crippen molar-refractivity contribution < 1.29 is 19.2 Å². The summed E-state index contributed by atoms with van der Waals surface area (Å²) in [7, 11) is 0. The molecule has 8 heteroatoms. The van der Waals surface area contributed by atoms with Gasteiger partial charge < -0.3 is 5.11 Å². The van der Waals surface area contributed by atoms with Crippen molar-refractivity contribution in [3.63, 3.8) is 0 Å². The minimum Gasteiger partial charge on any atom is -0.478 e. The quantitative estimate of drug-likeness (QED) is 0.638. The first-order valence-corrected chi connectivity index (χ1v) is 7.14. The molecule has 0 spiro atoms. The molecule has 2 rings (SSSR count). The van der Waals surface area contributed by atoms with Crippen molar-refractivity contribution in [3.05, 3.63) is 62.4 Å². The van der Waals surface area contributed by atoms with Crippen molar-refractivity contribution in [2.24, 2.45) is 0 Å². The van der Waals surface area contributed by atoms with E-state index in [0.29, 0.717) is 9.37 Å². The highest BCUT2D eigenvalue weighted by Crippen LogP contribution is 2.36. The Labute approximate surface area is 131 Å². The fourth-order valence-electron chi connectivity index (χ4n) is 1.58. The molecule has 0 radical (unpaired) electrons. The summed E-state index contributed by atoms with van der Waals surface area (Å²) in [6, 6.07) is 7.80. The van der Waals surface area contributed by atoms with Gasteiger partial charge in [0.25, 0.3) is 5.69 Å². The Hall–Kier alpha value is -1.93. The highest BCUT2D eigenvalue weighted by molar-refractivity contribution is 9.10. The summed E-state index contributed by atoms with van der Waals surface area (Å²) < 4.78 is 13.5. The van der Waals surface area contributed by atoms with Crippen LogP contribution in [0.4, 0.5) is 10.1 Å². The third-order valence-electron chi connectivity index (χ3n) is 2.51. The summed E-state index contributed by atoms with van der Waals surface area (Å²) in [5.74, 6) is -1.81. The van der Waals surface area contributed by atoms with Crippen molar-refractivity contribution in [3.8, 4) is 0 Å². The zero-order valence-corrected chi connectivity index (χ0v) is 12.6. The number of nitro groups is 1. The lowest BCUT2D eigenvalue weighted by Gasteiger charge is -2.05. The Morgan fingerprint density at radius 1 is 1.29 bits per heavy atom. The van der Waals surface area contributed by atoms with Crippen LogP contribution in [-0.2, 0) is 0 Å². The standard InChI is InChI=1S/C13H7BrFNO4S/c14-10-3-2-8(6-9(10)13(17)18)21-12-4-1-7(15)5-11(12)16(19)20/h1-6H,(H,17,18). The van der Waals surface area contributed by atoms with Gasteiger partial charge in [-0.05, 0) is 46.3 Å². The molecule has 0 aliphatic carbocycles. The minimum absolute atomic E-state index is 0.0461. The number of aromatic carboxylic acids is 1. The zero-order chi connectivity index (χ0) is 15.6. The number of carbonyl (C=O) groups is 1. The Bertz CT molecular complexity index is 738. The second-order valence-electron chi connectivity index (χ2n) is 3.92. The van der Waals surface area contributed by atoms with Crippen LogP contribution in [0.1, 0.15) is 10.4 Å². The van der Waals surface area contributed by atoms with Crippen molar-refractivity contribution in [2.75, 3.05) is 0 Å². The van der Waals surface area contributed by atoms with E-state index >= 15 is 0 Å². The van der Waals surface area contributed by atoms with Crippen molar-refractivity contribution in [2.45, 2.75) is 9.79 Å². The molecule has 2 aromatic rings. The van der Waals surface area contributed by atoms with Crippen molar-refractivity contribution in [1.82, 2.24) is 0 Å². The number of halogens is 2. The molecule has 0 fully saturated rings. The summed E-state index contributed by atoms with van der Waals surface area (Å²) in [5, 5.41) is 20.0. The van der Waals surface area contributed by atoms with E-state index in [2.05, 4.69) is 15.9 Å². The molecule has 5 nitrogen and oxygen atoms in total. The highest BCUT2D eigenvalue weighted by atomic mass is 79.9. The first kappa shape index (κ1) is 15.5. The molecule has 21 heavy (non-hydrogen) atoms. The summed E-state index contributed by atoms with van der Waals surface area (Å²) >= 11 is 4.11. The van der Waals surface area contributed by atoms with E-state index in [9.17, 15) is 19.3 Å². The van der Waals surface area contributed by atoms with Gasteiger partial charge in [0.1, 0.15) is 5.82 Å². The lowest BCUT2D eigenvalue weighted by atomic mass is 10.2. The number of nitrogens with zero attached hydrogens (tertiary/aromatic N) is 1. The zero-order valence-electron chi connectivity index (χ0n) is 10.2. The van der Waals surface area contributed by atoms with Crippen LogP contribution in [-0.4, -0.2) is 16.0 Å². The van der Waals surface area contributed by atoms with Crippen LogP contribution < -0.4 is 0 Å². The maximum Gasteiger partial charge on any atom is 0.336 e. The predicted octanol–water partition coefficient (Wildman–Crippen LogP) is 4.35. The van der Waals surface area contributed by atoms with Gasteiger partial charge in [0.15, 0.2) is 0 Å². The van der Waals surface area contributed by atoms with Crippen LogP contribution in [0.5, 0.6) is 0 Å². The van der Waals surface area contributed by atoms with Gasteiger partial charge in [-0.1, -0.05) is 11.8 Å². The number of benzene rings is 2. The van der Waals surface area contributed by atoms with Gasteiger partial charge in [0, 0.05) is 9.37 Å². The molecule has 0 unspecified atom stereocenters. The summed E-state index contributed by atoms with van der Waals surface area (Å²) in [6.07, 6.45) is 0. The molecular weight excluding hydrogens is 365 g/mol. The van der Waals surface area contributed by atoms with Crippen LogP contribution in [0.3, 0.4) is 0 Å². The van der Waals surface area contributed by atoms with Gasteiger partial charge >= 0.3 is 5.97 Å². The predicted molar refractivity (Wildman–Crippen MR) is 78.3 cm³/mol. The maximum atomic E-state index is 13.1. The third kappa shape index (κ3) is 3.59. The molecule has 0 aromatic heterocycles. The molecule has 0 atom stereocenters. The molecule has 0 amide bonds. The molecule has 0 saturated carbocycles. The van der Waals surface area contributed by atoms with Gasteiger partial charge in [-0.3, -0.25) is 10.1 Å². The monoisotopic (exact) mass is 371 g/mol. The van der Waals surface area contributed by atoms with Crippen molar-refractivity contribution in [1.29, 1.82) is 0 Å². The van der Waals surface area contributed by atoms with E-state index in [1.807, 2.05) is 0 Å². The molecule has 0 saturated heterocycles. The smallest absolute Gasteiger partial charge is 0.336 e. The molecular formula is C13H7BrFNO4S. The van der Waals surface area contributed by atoms with Gasteiger partial charge in [0.2, 0.25) is 0 Å². The van der Waals surface area contributed by atoms with E-state index in [-0.39, 0.29) is 16.1 Å². The van der Waals surface area contributed by atoms with Gasteiger partial charge in [-0.25, -0.2) is 9.18 Å². The van der Waals surface area contributed by atoms with Crippen LogP contribution in [0, 0.1) is 15.9 Å². The summed E-state index contributed by atoms with van der Waals surface area (Å²) in [5.41, 5.74) is -0.315. The molecule has 2 aromatic carbocycles. The molecule has 1 N–H and O–H groups in total. The van der Waals surface area contributed by atoms with Crippen LogP contribution in [0.2, 0.25) is 0 Å². The van der Waals surface area contributed by atoms with E-state index in [1.54, 1.807) is 12.1 Å². The topological polar surface area (TPSA) is 80.4 Å². The van der Waals surface area contributed by atoms with Gasteiger partial charge in [-0.15, -0.1) is 0 Å². The Kier molecular flexibility index (Phi) is 4.59.